The third-order valence-corrected chi connectivity index (χ3v) is 3.17. The Hall–Kier alpha value is -2.29. The Morgan fingerprint density at radius 1 is 1.11 bits per heavy atom. The summed E-state index contributed by atoms with van der Waals surface area (Å²) < 4.78 is 0. The van der Waals surface area contributed by atoms with E-state index in [4.69, 9.17) is 5.73 Å². The average molecular weight is 254 g/mol. The topological polar surface area (TPSA) is 55.1 Å². The van der Waals surface area contributed by atoms with Crippen LogP contribution in [0.3, 0.4) is 0 Å². The second-order valence-electron chi connectivity index (χ2n) is 4.72. The number of carbonyl (C=O) groups excluding carboxylic acids is 1. The standard InChI is InChI=1S/C16H18N2O/c1-11-5-3-4-6-13(11)10-16(19)18-14-7-8-15(17)12(2)9-14/h3-9H,10,17H2,1-2H3,(H,18,19). The minimum absolute atomic E-state index is 0.0153. The summed E-state index contributed by atoms with van der Waals surface area (Å²) in [5.41, 5.74) is 10.4. The summed E-state index contributed by atoms with van der Waals surface area (Å²) in [5.74, 6) is -0.0153. The molecule has 0 heterocycles. The van der Waals surface area contributed by atoms with Gasteiger partial charge in [0.1, 0.15) is 0 Å². The highest BCUT2D eigenvalue weighted by Crippen LogP contribution is 2.17. The van der Waals surface area contributed by atoms with E-state index in [1.807, 2.05) is 50.2 Å². The van der Waals surface area contributed by atoms with Crippen LogP contribution >= 0.6 is 0 Å². The van der Waals surface area contributed by atoms with Gasteiger partial charge < -0.3 is 11.1 Å². The predicted octanol–water partition coefficient (Wildman–Crippen LogP) is 3.07. The van der Waals surface area contributed by atoms with Gasteiger partial charge in [-0.25, -0.2) is 0 Å². The second-order valence-corrected chi connectivity index (χ2v) is 4.72. The molecule has 1 amide bonds. The van der Waals surface area contributed by atoms with Crippen molar-refractivity contribution in [2.24, 2.45) is 0 Å². The van der Waals surface area contributed by atoms with Gasteiger partial charge in [0.2, 0.25) is 5.91 Å². The highest BCUT2D eigenvalue weighted by molar-refractivity contribution is 5.92. The number of nitrogens with one attached hydrogen (secondary N) is 1. The Kier molecular flexibility index (Phi) is 3.85. The first-order valence-corrected chi connectivity index (χ1v) is 6.27. The van der Waals surface area contributed by atoms with E-state index in [0.717, 1.165) is 28.1 Å². The van der Waals surface area contributed by atoms with E-state index in [0.29, 0.717) is 6.42 Å². The molecule has 3 heteroatoms. The maximum Gasteiger partial charge on any atom is 0.228 e. The first kappa shape index (κ1) is 13.1. The van der Waals surface area contributed by atoms with E-state index in [9.17, 15) is 4.79 Å². The molecule has 0 aliphatic rings. The molecular weight excluding hydrogens is 236 g/mol. The number of benzene rings is 2. The molecule has 3 N–H and O–H groups in total. The molecule has 0 atom stereocenters. The molecule has 0 fully saturated rings. The second kappa shape index (κ2) is 5.57. The molecule has 2 rings (SSSR count). The molecule has 2 aromatic carbocycles. The molecule has 19 heavy (non-hydrogen) atoms. The fourth-order valence-electron chi connectivity index (χ4n) is 1.94. The Labute approximate surface area is 113 Å². The van der Waals surface area contributed by atoms with Crippen LogP contribution in [0.25, 0.3) is 0 Å². The van der Waals surface area contributed by atoms with Crippen molar-refractivity contribution in [1.29, 1.82) is 0 Å². The quantitative estimate of drug-likeness (QED) is 0.827. The maximum absolute atomic E-state index is 12.0. The Balaban J connectivity index is 2.05. The molecule has 0 aromatic heterocycles. The lowest BCUT2D eigenvalue weighted by Crippen LogP contribution is -2.15. The fraction of sp³-hybridized carbons (Fsp3) is 0.188. The van der Waals surface area contributed by atoms with Crippen molar-refractivity contribution in [3.63, 3.8) is 0 Å². The largest absolute Gasteiger partial charge is 0.399 e. The zero-order valence-corrected chi connectivity index (χ0v) is 11.2. The molecule has 0 saturated carbocycles. The number of hydrogen-bond donors (Lipinski definition) is 2. The van der Waals surface area contributed by atoms with Gasteiger partial charge in [0.05, 0.1) is 6.42 Å². The van der Waals surface area contributed by atoms with E-state index in [-0.39, 0.29) is 5.91 Å². The van der Waals surface area contributed by atoms with Gasteiger partial charge in [-0.1, -0.05) is 24.3 Å². The van der Waals surface area contributed by atoms with Crippen molar-refractivity contribution in [1.82, 2.24) is 0 Å². The van der Waals surface area contributed by atoms with Gasteiger partial charge in [-0.05, 0) is 48.7 Å². The molecule has 0 unspecified atom stereocenters. The van der Waals surface area contributed by atoms with E-state index < -0.39 is 0 Å². The van der Waals surface area contributed by atoms with Gasteiger partial charge in [-0.15, -0.1) is 0 Å². The molecule has 3 nitrogen and oxygen atoms in total. The van der Waals surface area contributed by atoms with Crippen molar-refractivity contribution in [3.8, 4) is 0 Å². The summed E-state index contributed by atoms with van der Waals surface area (Å²) in [6.07, 6.45) is 0.385. The molecule has 0 bridgehead atoms. The summed E-state index contributed by atoms with van der Waals surface area (Å²) in [6.45, 7) is 3.93. The van der Waals surface area contributed by atoms with Gasteiger partial charge in [-0.2, -0.15) is 0 Å². The normalized spacial score (nSPS) is 10.2. The summed E-state index contributed by atoms with van der Waals surface area (Å²) in [5, 5.41) is 2.89. The SMILES string of the molecule is Cc1cc(NC(=O)Cc2ccccc2C)ccc1N. The number of aryl methyl sites for hydroxylation is 2. The van der Waals surface area contributed by atoms with Gasteiger partial charge in [-0.3, -0.25) is 4.79 Å². The van der Waals surface area contributed by atoms with E-state index >= 15 is 0 Å². The molecule has 98 valence electrons. The predicted molar refractivity (Wildman–Crippen MR) is 79.1 cm³/mol. The highest BCUT2D eigenvalue weighted by Gasteiger charge is 2.06. The van der Waals surface area contributed by atoms with Crippen LogP contribution < -0.4 is 11.1 Å². The fourth-order valence-corrected chi connectivity index (χ4v) is 1.94. The molecule has 2 aromatic rings. The van der Waals surface area contributed by atoms with Crippen LogP contribution in [0.2, 0.25) is 0 Å². The maximum atomic E-state index is 12.0. The third kappa shape index (κ3) is 3.35. The lowest BCUT2D eigenvalue weighted by molar-refractivity contribution is -0.115. The van der Waals surface area contributed by atoms with E-state index in [2.05, 4.69) is 5.32 Å². The van der Waals surface area contributed by atoms with Crippen LogP contribution in [0.15, 0.2) is 42.5 Å². The molecular formula is C16H18N2O. The van der Waals surface area contributed by atoms with Crippen LogP contribution in [0.5, 0.6) is 0 Å². The number of carbonyl (C=O) groups is 1. The summed E-state index contributed by atoms with van der Waals surface area (Å²) in [6, 6.07) is 13.4. The zero-order chi connectivity index (χ0) is 13.8. The number of anilines is 2. The van der Waals surface area contributed by atoms with Crippen LogP contribution in [0.4, 0.5) is 11.4 Å². The van der Waals surface area contributed by atoms with E-state index in [1.165, 1.54) is 0 Å². The molecule has 0 spiro atoms. The lowest BCUT2D eigenvalue weighted by atomic mass is 10.1. The van der Waals surface area contributed by atoms with Gasteiger partial charge in [0.15, 0.2) is 0 Å². The van der Waals surface area contributed by atoms with Crippen LogP contribution in [0, 0.1) is 13.8 Å². The minimum Gasteiger partial charge on any atom is -0.399 e. The van der Waals surface area contributed by atoms with E-state index in [1.54, 1.807) is 6.07 Å². The van der Waals surface area contributed by atoms with Crippen LogP contribution in [-0.4, -0.2) is 5.91 Å². The van der Waals surface area contributed by atoms with Crippen molar-refractivity contribution < 1.29 is 4.79 Å². The monoisotopic (exact) mass is 254 g/mol. The Bertz CT molecular complexity index is 605. The summed E-state index contributed by atoms with van der Waals surface area (Å²) >= 11 is 0. The third-order valence-electron chi connectivity index (χ3n) is 3.17. The Morgan fingerprint density at radius 2 is 1.84 bits per heavy atom. The number of amides is 1. The van der Waals surface area contributed by atoms with Crippen LogP contribution in [0.1, 0.15) is 16.7 Å². The van der Waals surface area contributed by atoms with Gasteiger partial charge >= 0.3 is 0 Å². The minimum atomic E-state index is -0.0153. The highest BCUT2D eigenvalue weighted by atomic mass is 16.1. The first-order valence-electron chi connectivity index (χ1n) is 6.27. The Morgan fingerprint density at radius 3 is 2.53 bits per heavy atom. The first-order chi connectivity index (χ1) is 9.06. The number of hydrogen-bond acceptors (Lipinski definition) is 2. The van der Waals surface area contributed by atoms with Crippen molar-refractivity contribution in [2.75, 3.05) is 11.1 Å². The zero-order valence-electron chi connectivity index (χ0n) is 11.2. The van der Waals surface area contributed by atoms with Crippen molar-refractivity contribution in [2.45, 2.75) is 20.3 Å². The smallest absolute Gasteiger partial charge is 0.228 e. The molecule has 0 saturated heterocycles. The number of rotatable bonds is 3. The average Bonchev–Trinajstić information content (AvgIpc) is 2.37. The number of nitrogen functional groups attached to an aromatic ring is 1. The van der Waals surface area contributed by atoms with Crippen molar-refractivity contribution in [3.05, 3.63) is 59.2 Å². The molecule has 0 radical (unpaired) electrons. The number of nitrogens with two attached hydrogens (primary N) is 1. The lowest BCUT2D eigenvalue weighted by Gasteiger charge is -2.09. The van der Waals surface area contributed by atoms with Crippen molar-refractivity contribution >= 4 is 17.3 Å². The van der Waals surface area contributed by atoms with Gasteiger partial charge in [0, 0.05) is 11.4 Å². The molecule has 0 aliphatic carbocycles. The summed E-state index contributed by atoms with van der Waals surface area (Å²) in [7, 11) is 0. The van der Waals surface area contributed by atoms with Crippen LogP contribution in [-0.2, 0) is 11.2 Å². The molecule has 0 aliphatic heterocycles. The summed E-state index contributed by atoms with van der Waals surface area (Å²) in [4.78, 5) is 12.0. The van der Waals surface area contributed by atoms with Gasteiger partial charge in [0.25, 0.3) is 0 Å².